The maximum absolute atomic E-state index is 3.73. The minimum Gasteiger partial charge on any atom is -0.103 e. The van der Waals surface area contributed by atoms with Gasteiger partial charge in [0.05, 0.1) is 0 Å². The van der Waals surface area contributed by atoms with Crippen LogP contribution in [0.1, 0.15) is 29.5 Å². The third-order valence-electron chi connectivity index (χ3n) is 2.57. The molecule has 13 heavy (non-hydrogen) atoms. The molecular weight excluding hydrogens is 156 g/mol. The average molecular weight is 174 g/mol. The van der Waals surface area contributed by atoms with Crippen LogP contribution in [0.15, 0.2) is 30.9 Å². The van der Waals surface area contributed by atoms with Crippen LogP contribution >= 0.6 is 0 Å². The van der Waals surface area contributed by atoms with Crippen LogP contribution in [0.25, 0.3) is 0 Å². The Hall–Kier alpha value is -1.04. The molecule has 0 spiro atoms. The molecule has 0 bridgehead atoms. The normalized spacial score (nSPS) is 10.0. The number of allylic oxidation sites excluding steroid dienone is 1. The molecule has 0 aliphatic carbocycles. The molecule has 0 nitrogen and oxygen atoms in total. The topological polar surface area (TPSA) is 0 Å². The SMILES string of the molecule is C=CCCCc1cccc(C)c1C. The molecule has 0 saturated heterocycles. The summed E-state index contributed by atoms with van der Waals surface area (Å²) in [6.07, 6.45) is 5.51. The van der Waals surface area contributed by atoms with Crippen molar-refractivity contribution in [2.75, 3.05) is 0 Å². The smallest absolute Gasteiger partial charge is 0.0273 e. The highest BCUT2D eigenvalue weighted by atomic mass is 14.0. The molecule has 1 rings (SSSR count). The van der Waals surface area contributed by atoms with Crippen LogP contribution in [0.5, 0.6) is 0 Å². The molecular formula is C13H18. The molecule has 1 aromatic rings. The van der Waals surface area contributed by atoms with E-state index in [1.165, 1.54) is 29.5 Å². The molecule has 0 unspecified atom stereocenters. The maximum Gasteiger partial charge on any atom is -0.0273 e. The Morgan fingerprint density at radius 3 is 2.77 bits per heavy atom. The van der Waals surface area contributed by atoms with Crippen molar-refractivity contribution in [3.63, 3.8) is 0 Å². The van der Waals surface area contributed by atoms with Crippen molar-refractivity contribution in [1.82, 2.24) is 0 Å². The van der Waals surface area contributed by atoms with E-state index >= 15 is 0 Å². The van der Waals surface area contributed by atoms with Gasteiger partial charge < -0.3 is 0 Å². The molecule has 0 amide bonds. The summed E-state index contributed by atoms with van der Waals surface area (Å²) >= 11 is 0. The zero-order valence-electron chi connectivity index (χ0n) is 8.64. The third-order valence-corrected chi connectivity index (χ3v) is 2.57. The number of aryl methyl sites for hydroxylation is 2. The molecule has 70 valence electrons. The van der Waals surface area contributed by atoms with Gasteiger partial charge in [-0.2, -0.15) is 0 Å². The largest absolute Gasteiger partial charge is 0.103 e. The molecule has 0 fully saturated rings. The van der Waals surface area contributed by atoms with Crippen LogP contribution in [-0.2, 0) is 6.42 Å². The molecule has 0 saturated carbocycles. The fraction of sp³-hybridized carbons (Fsp3) is 0.385. The molecule has 0 atom stereocenters. The van der Waals surface area contributed by atoms with Crippen LogP contribution in [-0.4, -0.2) is 0 Å². The van der Waals surface area contributed by atoms with Crippen molar-refractivity contribution in [1.29, 1.82) is 0 Å². The Balaban J connectivity index is 2.65. The number of benzene rings is 1. The Morgan fingerprint density at radius 1 is 1.31 bits per heavy atom. The fourth-order valence-electron chi connectivity index (χ4n) is 1.52. The molecule has 0 heterocycles. The second-order valence-electron chi connectivity index (χ2n) is 3.54. The van der Waals surface area contributed by atoms with Crippen LogP contribution in [0.2, 0.25) is 0 Å². The summed E-state index contributed by atoms with van der Waals surface area (Å²) in [5.74, 6) is 0. The Kier molecular flexibility index (Phi) is 3.75. The molecule has 0 radical (unpaired) electrons. The van der Waals surface area contributed by atoms with Gasteiger partial charge in [-0.1, -0.05) is 24.3 Å². The second kappa shape index (κ2) is 4.86. The summed E-state index contributed by atoms with van der Waals surface area (Å²) in [4.78, 5) is 0. The summed E-state index contributed by atoms with van der Waals surface area (Å²) in [5, 5.41) is 0. The molecule has 0 N–H and O–H groups in total. The summed E-state index contributed by atoms with van der Waals surface area (Å²) in [5.41, 5.74) is 4.34. The quantitative estimate of drug-likeness (QED) is 0.481. The summed E-state index contributed by atoms with van der Waals surface area (Å²) in [7, 11) is 0. The van der Waals surface area contributed by atoms with Crippen LogP contribution in [0.4, 0.5) is 0 Å². The monoisotopic (exact) mass is 174 g/mol. The molecule has 0 aliphatic heterocycles. The standard InChI is InChI=1S/C13H18/c1-4-5-6-9-13-10-7-8-11(2)12(13)3/h4,7-8,10H,1,5-6,9H2,2-3H3. The highest BCUT2D eigenvalue weighted by molar-refractivity contribution is 5.33. The van der Waals surface area contributed by atoms with Crippen molar-refractivity contribution >= 4 is 0 Å². The van der Waals surface area contributed by atoms with E-state index < -0.39 is 0 Å². The van der Waals surface area contributed by atoms with Gasteiger partial charge in [0.1, 0.15) is 0 Å². The van der Waals surface area contributed by atoms with Gasteiger partial charge in [0.15, 0.2) is 0 Å². The van der Waals surface area contributed by atoms with Crippen LogP contribution < -0.4 is 0 Å². The van der Waals surface area contributed by atoms with Gasteiger partial charge in [-0.25, -0.2) is 0 Å². The maximum atomic E-state index is 3.73. The lowest BCUT2D eigenvalue weighted by molar-refractivity contribution is 0.837. The Labute approximate surface area is 81.3 Å². The Morgan fingerprint density at radius 2 is 2.08 bits per heavy atom. The van der Waals surface area contributed by atoms with E-state index in [2.05, 4.69) is 38.6 Å². The van der Waals surface area contributed by atoms with Gasteiger partial charge in [0.2, 0.25) is 0 Å². The first-order valence-electron chi connectivity index (χ1n) is 4.91. The number of hydrogen-bond acceptors (Lipinski definition) is 0. The first kappa shape index (κ1) is 10.0. The van der Waals surface area contributed by atoms with Gasteiger partial charge in [-0.15, -0.1) is 6.58 Å². The highest BCUT2D eigenvalue weighted by Gasteiger charge is 1.98. The van der Waals surface area contributed by atoms with E-state index in [1.807, 2.05) is 6.08 Å². The summed E-state index contributed by atoms with van der Waals surface area (Å²) in [6, 6.07) is 6.54. The lowest BCUT2D eigenvalue weighted by Crippen LogP contribution is -1.91. The van der Waals surface area contributed by atoms with E-state index in [-0.39, 0.29) is 0 Å². The molecule has 0 aliphatic rings. The fourth-order valence-corrected chi connectivity index (χ4v) is 1.52. The molecule has 1 aromatic carbocycles. The van der Waals surface area contributed by atoms with Crippen molar-refractivity contribution in [3.05, 3.63) is 47.5 Å². The van der Waals surface area contributed by atoms with E-state index in [0.717, 1.165) is 6.42 Å². The van der Waals surface area contributed by atoms with E-state index in [1.54, 1.807) is 0 Å². The first-order valence-corrected chi connectivity index (χ1v) is 4.91. The average Bonchev–Trinajstić information content (AvgIpc) is 2.13. The van der Waals surface area contributed by atoms with Gasteiger partial charge in [-0.3, -0.25) is 0 Å². The van der Waals surface area contributed by atoms with Gasteiger partial charge in [0.25, 0.3) is 0 Å². The van der Waals surface area contributed by atoms with Crippen LogP contribution in [0.3, 0.4) is 0 Å². The summed E-state index contributed by atoms with van der Waals surface area (Å²) < 4.78 is 0. The second-order valence-corrected chi connectivity index (χ2v) is 3.54. The molecule has 0 aromatic heterocycles. The number of rotatable bonds is 4. The summed E-state index contributed by atoms with van der Waals surface area (Å²) in [6.45, 7) is 8.11. The van der Waals surface area contributed by atoms with Crippen molar-refractivity contribution < 1.29 is 0 Å². The van der Waals surface area contributed by atoms with Crippen molar-refractivity contribution in [2.45, 2.75) is 33.1 Å². The van der Waals surface area contributed by atoms with Gasteiger partial charge >= 0.3 is 0 Å². The first-order chi connectivity index (χ1) is 6.25. The van der Waals surface area contributed by atoms with Crippen LogP contribution in [0, 0.1) is 13.8 Å². The third kappa shape index (κ3) is 2.73. The minimum absolute atomic E-state index is 1.12. The number of unbranched alkanes of at least 4 members (excludes halogenated alkanes) is 1. The van der Waals surface area contributed by atoms with E-state index in [4.69, 9.17) is 0 Å². The van der Waals surface area contributed by atoms with Crippen molar-refractivity contribution in [2.24, 2.45) is 0 Å². The van der Waals surface area contributed by atoms with Gasteiger partial charge in [0, 0.05) is 0 Å². The van der Waals surface area contributed by atoms with E-state index in [9.17, 15) is 0 Å². The van der Waals surface area contributed by atoms with E-state index in [0.29, 0.717) is 0 Å². The minimum atomic E-state index is 1.12. The molecule has 0 heteroatoms. The van der Waals surface area contributed by atoms with Gasteiger partial charge in [-0.05, 0) is 49.8 Å². The number of hydrogen-bond donors (Lipinski definition) is 0. The predicted molar refractivity (Wildman–Crippen MR) is 59.1 cm³/mol. The lowest BCUT2D eigenvalue weighted by atomic mass is 9.99. The zero-order chi connectivity index (χ0) is 9.68. The Bertz CT molecular complexity index is 284. The highest BCUT2D eigenvalue weighted by Crippen LogP contribution is 2.14. The zero-order valence-corrected chi connectivity index (χ0v) is 8.64. The lowest BCUT2D eigenvalue weighted by Gasteiger charge is -2.07. The van der Waals surface area contributed by atoms with Crippen molar-refractivity contribution in [3.8, 4) is 0 Å². The predicted octanol–water partition coefficient (Wildman–Crippen LogP) is 3.81.